The molecule has 0 spiro atoms. The molecule has 5 heterocycles. The SMILES string of the molecule is CC(C)(C)[Si](C)(C)O[C@H]1[C@H]2OP(O)(=S)OC[C@H]3C[C@@H](Oc4ccncn4)C[C@@H]3OP(=O)(S)OC[C@H]1O[C@H]2n1cnc2c(=O)[nH]cnc21. The zero-order chi connectivity index (χ0) is 33.8. The molecular formula is C26H38N6O10P2S2Si. The number of ether oxygens (including phenoxy) is 2. The molecule has 9 atom stereocenters. The van der Waals surface area contributed by atoms with Crippen molar-refractivity contribution in [2.75, 3.05) is 13.2 Å². The first-order chi connectivity index (χ1) is 22.0. The molecule has 3 aliphatic rings. The lowest BCUT2D eigenvalue weighted by Crippen LogP contribution is -2.50. The third-order valence-corrected chi connectivity index (χ3v) is 16.6. The van der Waals surface area contributed by atoms with Crippen molar-refractivity contribution in [2.45, 2.75) is 88.5 Å². The molecule has 2 N–H and O–H groups in total. The maximum absolute atomic E-state index is 13.7. The van der Waals surface area contributed by atoms with Gasteiger partial charge in [-0.25, -0.2) is 24.5 Å². The minimum atomic E-state index is -4.00. The molecular weight excluding hydrogens is 710 g/mol. The highest BCUT2D eigenvalue weighted by Crippen LogP contribution is 2.59. The standard InChI is InChI=1S/C26H38N6O10P2S2Si/c1-26(2,3)47(4,5)42-21-18-11-37-43(34,45)40-17-9-16(38-19-6-7-27-12-28-19)8-15(17)10-36-44(35,46)41-22(21)25(39-18)32-14-31-20-23(32)29-13-30-24(20)33/h6-7,12-18,21-22,25H,8-11H2,1-5H3,(H,34,45)(H,35,46)(H,29,30,33)/t15-,16-,17+,18-,21-,22-,25-,43?,44?/m1/s1. The van der Waals surface area contributed by atoms with Crippen LogP contribution in [0.25, 0.3) is 11.2 Å². The second-order valence-corrected chi connectivity index (χ2v) is 23.6. The van der Waals surface area contributed by atoms with Crippen LogP contribution in [0.15, 0.2) is 36.0 Å². The van der Waals surface area contributed by atoms with Crippen molar-refractivity contribution >= 4 is 57.1 Å². The van der Waals surface area contributed by atoms with Crippen LogP contribution in [-0.4, -0.2) is 86.4 Å². The maximum atomic E-state index is 13.7. The Morgan fingerprint density at radius 2 is 1.94 bits per heavy atom. The molecule has 2 saturated heterocycles. The number of rotatable bonds is 5. The van der Waals surface area contributed by atoms with Crippen molar-refractivity contribution in [3.63, 3.8) is 0 Å². The van der Waals surface area contributed by atoms with Gasteiger partial charge in [-0.2, -0.15) is 0 Å². The normalized spacial score (nSPS) is 35.5. The number of nitrogens with one attached hydrogen (secondary N) is 1. The number of hydrogen-bond acceptors (Lipinski definition) is 14. The number of H-pyrrole nitrogens is 1. The summed E-state index contributed by atoms with van der Waals surface area (Å²) in [5.74, 6) is -0.0431. The van der Waals surface area contributed by atoms with Gasteiger partial charge in [-0.1, -0.05) is 33.0 Å². The number of hydrogen-bond donors (Lipinski definition) is 3. The van der Waals surface area contributed by atoms with E-state index in [-0.39, 0.29) is 35.5 Å². The Labute approximate surface area is 282 Å². The molecule has 16 nitrogen and oxygen atoms in total. The highest BCUT2D eigenvalue weighted by atomic mass is 32.7. The average Bonchev–Trinajstić information content (AvgIpc) is 3.66. The fourth-order valence-electron chi connectivity index (χ4n) is 5.59. The molecule has 3 fully saturated rings. The van der Waals surface area contributed by atoms with Gasteiger partial charge in [0.15, 0.2) is 25.7 Å². The maximum Gasteiger partial charge on any atom is 0.386 e. The molecule has 47 heavy (non-hydrogen) atoms. The topological polar surface area (TPSA) is 191 Å². The molecule has 0 amide bonds. The largest absolute Gasteiger partial charge is 0.474 e. The van der Waals surface area contributed by atoms with E-state index in [1.807, 2.05) is 0 Å². The Morgan fingerprint density at radius 3 is 2.66 bits per heavy atom. The van der Waals surface area contributed by atoms with Crippen LogP contribution in [0.1, 0.15) is 39.8 Å². The molecule has 258 valence electrons. The van der Waals surface area contributed by atoms with Crippen molar-refractivity contribution in [2.24, 2.45) is 5.92 Å². The minimum absolute atomic E-state index is 0.0739. The van der Waals surface area contributed by atoms with E-state index in [0.717, 1.165) is 0 Å². The second kappa shape index (κ2) is 13.3. The predicted molar refractivity (Wildman–Crippen MR) is 178 cm³/mol. The van der Waals surface area contributed by atoms with Gasteiger partial charge in [-0.05, 0) is 36.4 Å². The van der Waals surface area contributed by atoms with Crippen LogP contribution < -0.4 is 10.3 Å². The Kier molecular flexibility index (Phi) is 9.94. The van der Waals surface area contributed by atoms with Crippen LogP contribution in [0.5, 0.6) is 5.88 Å². The average molecular weight is 749 g/mol. The van der Waals surface area contributed by atoms with Crippen LogP contribution in [0, 0.1) is 5.92 Å². The van der Waals surface area contributed by atoms with Gasteiger partial charge in [0.05, 0.1) is 32.0 Å². The molecule has 1 aliphatic carbocycles. The lowest BCUT2D eigenvalue weighted by Gasteiger charge is -2.40. The molecule has 6 rings (SSSR count). The van der Waals surface area contributed by atoms with E-state index < -0.39 is 64.0 Å². The minimum Gasteiger partial charge on any atom is -0.474 e. The van der Waals surface area contributed by atoms with E-state index in [0.29, 0.717) is 18.7 Å². The zero-order valence-corrected chi connectivity index (χ0v) is 30.9. The summed E-state index contributed by atoms with van der Waals surface area (Å²) in [6.45, 7) is 1.96. The summed E-state index contributed by atoms with van der Waals surface area (Å²) in [6, 6.07) is 1.63. The fourth-order valence-corrected chi connectivity index (χ4v) is 9.92. The van der Waals surface area contributed by atoms with E-state index in [4.69, 9.17) is 43.8 Å². The second-order valence-electron chi connectivity index (χ2n) is 13.2. The Morgan fingerprint density at radius 1 is 1.15 bits per heavy atom. The first-order valence-electron chi connectivity index (χ1n) is 15.0. The van der Waals surface area contributed by atoms with Gasteiger partial charge in [0, 0.05) is 24.6 Å². The molecule has 2 aliphatic heterocycles. The number of fused-ring (bicyclic) bond motifs is 4. The van der Waals surface area contributed by atoms with Crippen LogP contribution in [0.4, 0.5) is 0 Å². The van der Waals surface area contributed by atoms with Crippen molar-refractivity contribution in [1.82, 2.24) is 29.5 Å². The summed E-state index contributed by atoms with van der Waals surface area (Å²) in [7, 11) is -2.55. The molecule has 3 aromatic heterocycles. The highest BCUT2D eigenvalue weighted by Gasteiger charge is 2.54. The molecule has 0 radical (unpaired) electrons. The molecule has 1 saturated carbocycles. The molecule has 2 unspecified atom stereocenters. The zero-order valence-electron chi connectivity index (χ0n) is 26.4. The third-order valence-electron chi connectivity index (χ3n) is 8.97. The van der Waals surface area contributed by atoms with Crippen molar-refractivity contribution in [3.8, 4) is 5.88 Å². The summed E-state index contributed by atoms with van der Waals surface area (Å²) in [4.78, 5) is 43.0. The predicted octanol–water partition coefficient (Wildman–Crippen LogP) is 4.13. The Hall–Kier alpha value is -1.60. The smallest absolute Gasteiger partial charge is 0.386 e. The first kappa shape index (κ1) is 35.2. The third kappa shape index (κ3) is 7.76. The molecule has 21 heteroatoms. The first-order valence-corrected chi connectivity index (χ1v) is 23.2. The van der Waals surface area contributed by atoms with Crippen LogP contribution >= 0.6 is 25.8 Å². The van der Waals surface area contributed by atoms with Gasteiger partial charge in [0.1, 0.15) is 30.7 Å². The Bertz CT molecular complexity index is 1750. The number of nitrogens with zero attached hydrogens (tertiary/aromatic N) is 5. The lowest BCUT2D eigenvalue weighted by molar-refractivity contribution is -0.0493. The van der Waals surface area contributed by atoms with Crippen LogP contribution in [0.2, 0.25) is 18.1 Å². The number of imidazole rings is 1. The summed E-state index contributed by atoms with van der Waals surface area (Å²) >= 11 is 9.87. The summed E-state index contributed by atoms with van der Waals surface area (Å²) in [5.41, 5.74) is -0.165. The van der Waals surface area contributed by atoms with E-state index in [1.165, 1.54) is 23.5 Å². The van der Waals surface area contributed by atoms with E-state index in [2.05, 4.69) is 71.0 Å². The molecule has 3 aromatic rings. The van der Waals surface area contributed by atoms with Gasteiger partial charge < -0.3 is 28.3 Å². The van der Waals surface area contributed by atoms with Gasteiger partial charge in [-0.15, -0.1) is 0 Å². The highest BCUT2D eigenvalue weighted by molar-refractivity contribution is 8.44. The van der Waals surface area contributed by atoms with E-state index >= 15 is 0 Å². The number of aromatic amines is 1. The van der Waals surface area contributed by atoms with Crippen LogP contribution in [-0.2, 0) is 43.6 Å². The summed E-state index contributed by atoms with van der Waals surface area (Å²) < 4.78 is 58.6. The van der Waals surface area contributed by atoms with E-state index in [1.54, 1.807) is 12.3 Å². The van der Waals surface area contributed by atoms with Crippen molar-refractivity contribution in [3.05, 3.63) is 41.6 Å². The summed E-state index contributed by atoms with van der Waals surface area (Å²) in [5, 5.41) is -0.236. The van der Waals surface area contributed by atoms with Gasteiger partial charge in [0.2, 0.25) is 5.88 Å². The lowest BCUT2D eigenvalue weighted by atomic mass is 10.1. The van der Waals surface area contributed by atoms with Crippen molar-refractivity contribution < 1.29 is 41.5 Å². The summed E-state index contributed by atoms with van der Waals surface area (Å²) in [6.07, 6.45) is 1.32. The molecule has 0 aromatic carbocycles. The Balaban J connectivity index is 1.35. The number of aromatic nitrogens is 6. The van der Waals surface area contributed by atoms with Gasteiger partial charge in [0.25, 0.3) is 5.56 Å². The van der Waals surface area contributed by atoms with Gasteiger partial charge >= 0.3 is 13.5 Å². The number of thiol groups is 1. The van der Waals surface area contributed by atoms with Crippen molar-refractivity contribution in [1.29, 1.82) is 0 Å². The van der Waals surface area contributed by atoms with Gasteiger partial charge in [-0.3, -0.25) is 22.9 Å². The fraction of sp³-hybridized carbons (Fsp3) is 0.654. The quantitative estimate of drug-likeness (QED) is 0.192. The molecule has 2 bridgehead atoms. The monoisotopic (exact) mass is 748 g/mol. The van der Waals surface area contributed by atoms with Crippen LogP contribution in [0.3, 0.4) is 0 Å². The van der Waals surface area contributed by atoms with E-state index in [9.17, 15) is 14.3 Å².